The van der Waals surface area contributed by atoms with Crippen LogP contribution in [0.15, 0.2) is 30.3 Å². The zero-order valence-corrected chi connectivity index (χ0v) is 11.2. The Kier molecular flexibility index (Phi) is 2.84. The Morgan fingerprint density at radius 1 is 1.05 bits per heavy atom. The van der Waals surface area contributed by atoms with Gasteiger partial charge in [0.25, 0.3) is 22.8 Å². The number of hydrogen-bond acceptors (Lipinski definition) is 5. The minimum absolute atomic E-state index is 0.244. The van der Waals surface area contributed by atoms with Gasteiger partial charge >= 0.3 is 0 Å². The molecule has 3 rings (SSSR count). The molecule has 0 spiro atoms. The van der Waals surface area contributed by atoms with Crippen molar-refractivity contribution in [2.24, 2.45) is 0 Å². The van der Waals surface area contributed by atoms with Crippen molar-refractivity contribution in [1.82, 2.24) is 5.06 Å². The third-order valence-electron chi connectivity index (χ3n) is 3.10. The third kappa shape index (κ3) is 1.81. The molecule has 0 saturated heterocycles. The molecule has 0 aliphatic carbocycles. The minimum Gasteiger partial charge on any atom is -0.266 e. The number of benzene rings is 2. The maximum Gasteiger partial charge on any atom is 0.286 e. The normalized spacial score (nSPS) is 14.3. The van der Waals surface area contributed by atoms with E-state index < -0.39 is 22.8 Å². The van der Waals surface area contributed by atoms with Crippen LogP contribution in [0.5, 0.6) is 0 Å². The number of carbonyl (C=O) groups excluding carboxylic acids is 2. The van der Waals surface area contributed by atoms with E-state index in [1.807, 2.05) is 13.9 Å². The van der Waals surface area contributed by atoms with Crippen LogP contribution in [0.4, 0.5) is 0 Å². The summed E-state index contributed by atoms with van der Waals surface area (Å²) in [7, 11) is -1.54. The molecular weight excluding hydrogens is 281 g/mol. The van der Waals surface area contributed by atoms with Gasteiger partial charge in [0.15, 0.2) is 0 Å². The van der Waals surface area contributed by atoms with Crippen LogP contribution in [0.2, 0.25) is 0 Å². The lowest BCUT2D eigenvalue weighted by atomic mass is 9.87. The van der Waals surface area contributed by atoms with E-state index in [-0.39, 0.29) is 16.2 Å². The van der Waals surface area contributed by atoms with Crippen molar-refractivity contribution < 1.29 is 22.3 Å². The second-order valence-electron chi connectivity index (χ2n) is 4.43. The van der Waals surface area contributed by atoms with Crippen molar-refractivity contribution in [2.45, 2.75) is 0 Å². The molecule has 0 bridgehead atoms. The first-order chi connectivity index (χ1) is 9.49. The molecule has 2 aromatic rings. The molecule has 0 radical (unpaired) electrons. The van der Waals surface area contributed by atoms with E-state index in [0.717, 1.165) is 10.8 Å². The predicted octanol–water partition coefficient (Wildman–Crippen LogP) is -0.848. The van der Waals surface area contributed by atoms with Crippen molar-refractivity contribution in [2.75, 3.05) is 0 Å². The Balaban J connectivity index is 2.33. The Morgan fingerprint density at radius 2 is 1.75 bits per heavy atom. The number of imide groups is 1. The Labute approximate surface area is 116 Å². The number of thiol groups is 1. The first kappa shape index (κ1) is 12.8. The van der Waals surface area contributed by atoms with Crippen LogP contribution < -0.4 is 5.46 Å². The van der Waals surface area contributed by atoms with Gasteiger partial charge in [0.1, 0.15) is 7.85 Å². The zero-order chi connectivity index (χ0) is 14.4. The van der Waals surface area contributed by atoms with Crippen LogP contribution in [-0.2, 0) is 15.3 Å². The maximum atomic E-state index is 12.2. The van der Waals surface area contributed by atoms with E-state index >= 15 is 0 Å². The maximum absolute atomic E-state index is 12.2. The largest absolute Gasteiger partial charge is 0.286 e. The molecule has 1 aliphatic heterocycles. The van der Waals surface area contributed by atoms with Gasteiger partial charge in [0.2, 0.25) is 0 Å². The van der Waals surface area contributed by atoms with E-state index in [4.69, 9.17) is 0 Å². The molecule has 0 saturated carbocycles. The summed E-state index contributed by atoms with van der Waals surface area (Å²) in [4.78, 5) is 24.4. The highest BCUT2D eigenvalue weighted by Crippen LogP contribution is 2.29. The minimum atomic E-state index is -3.35. The lowest BCUT2D eigenvalue weighted by Gasteiger charge is -2.24. The zero-order valence-electron chi connectivity index (χ0n) is 10.3. The predicted molar refractivity (Wildman–Crippen MR) is 74.0 cm³/mol. The van der Waals surface area contributed by atoms with Gasteiger partial charge in [-0.3, -0.25) is 9.59 Å². The van der Waals surface area contributed by atoms with Crippen LogP contribution in [0.1, 0.15) is 20.7 Å². The lowest BCUT2D eigenvalue weighted by molar-refractivity contribution is -0.0127. The average molecular weight is 289 g/mol. The molecule has 0 fully saturated rings. The number of nitrogens with zero attached hydrogens (tertiary/aromatic N) is 1. The molecule has 100 valence electrons. The van der Waals surface area contributed by atoms with E-state index in [1.54, 1.807) is 18.2 Å². The van der Waals surface area contributed by atoms with E-state index in [9.17, 15) is 18.0 Å². The summed E-state index contributed by atoms with van der Waals surface area (Å²) in [5.74, 6) is -1.56. The summed E-state index contributed by atoms with van der Waals surface area (Å²) in [5, 5.41) is 1.56. The van der Waals surface area contributed by atoms with Gasteiger partial charge in [-0.25, -0.2) is 8.42 Å². The van der Waals surface area contributed by atoms with Crippen LogP contribution in [-0.4, -0.2) is 33.1 Å². The molecule has 8 heteroatoms. The second kappa shape index (κ2) is 4.43. The van der Waals surface area contributed by atoms with Crippen molar-refractivity contribution in [1.29, 1.82) is 0 Å². The number of carbonyl (C=O) groups is 2. The van der Waals surface area contributed by atoms with Gasteiger partial charge < -0.3 is 0 Å². The lowest BCUT2D eigenvalue weighted by Crippen LogP contribution is -2.40. The fraction of sp³-hybridized carbons (Fsp3) is 0. The standard InChI is InChI=1S/C12H8BNO5S/c13-7-4-6-2-1-3-8-10(6)9(5-7)12(16)14(11(8)15)19-20(17)18/h1-5,20H,13H2. The summed E-state index contributed by atoms with van der Waals surface area (Å²) >= 11 is 0. The molecule has 6 nitrogen and oxygen atoms in total. The van der Waals surface area contributed by atoms with Crippen molar-refractivity contribution >= 4 is 46.9 Å². The number of amides is 2. The third-order valence-corrected chi connectivity index (χ3v) is 3.40. The van der Waals surface area contributed by atoms with E-state index in [0.29, 0.717) is 5.39 Å². The molecule has 0 atom stereocenters. The highest BCUT2D eigenvalue weighted by atomic mass is 32.2. The molecule has 20 heavy (non-hydrogen) atoms. The summed E-state index contributed by atoms with van der Waals surface area (Å²) in [6, 6.07) is 8.46. The topological polar surface area (TPSA) is 80.8 Å². The number of rotatable bonds is 2. The van der Waals surface area contributed by atoms with Crippen LogP contribution >= 0.6 is 0 Å². The number of hydrogen-bond donors (Lipinski definition) is 1. The summed E-state index contributed by atoms with van der Waals surface area (Å²) < 4.78 is 25.6. The Morgan fingerprint density at radius 3 is 2.45 bits per heavy atom. The molecule has 0 N–H and O–H groups in total. The van der Waals surface area contributed by atoms with E-state index in [2.05, 4.69) is 4.28 Å². The van der Waals surface area contributed by atoms with Crippen LogP contribution in [0, 0.1) is 0 Å². The van der Waals surface area contributed by atoms with Crippen molar-refractivity contribution in [3.05, 3.63) is 41.5 Å². The molecule has 1 heterocycles. The monoisotopic (exact) mass is 289 g/mol. The Bertz CT molecular complexity index is 837. The highest BCUT2D eigenvalue weighted by Gasteiger charge is 2.34. The molecular formula is C12H8BNO5S. The molecule has 2 aromatic carbocycles. The molecule has 2 amide bonds. The molecule has 0 aromatic heterocycles. The van der Waals surface area contributed by atoms with Gasteiger partial charge in [-0.1, -0.05) is 29.7 Å². The van der Waals surface area contributed by atoms with Crippen molar-refractivity contribution in [3.8, 4) is 0 Å². The first-order valence-electron chi connectivity index (χ1n) is 5.73. The number of hydroxylamine groups is 2. The van der Waals surface area contributed by atoms with Gasteiger partial charge in [0.05, 0.1) is 11.1 Å². The average Bonchev–Trinajstić information content (AvgIpc) is 2.40. The Hall–Kier alpha value is -2.19. The summed E-state index contributed by atoms with van der Waals surface area (Å²) in [6.07, 6.45) is 0. The van der Waals surface area contributed by atoms with E-state index in [1.165, 1.54) is 6.07 Å². The summed E-state index contributed by atoms with van der Waals surface area (Å²) in [6.45, 7) is 0. The molecule has 0 unspecified atom stereocenters. The first-order valence-corrected chi connectivity index (χ1v) is 6.83. The SMILES string of the molecule is Bc1cc2c3c(cccc3c1)C(=O)N(O[SH](=O)=O)C2=O. The summed E-state index contributed by atoms with van der Waals surface area (Å²) in [5.41, 5.74) is 1.33. The second-order valence-corrected chi connectivity index (χ2v) is 5.04. The van der Waals surface area contributed by atoms with Crippen LogP contribution in [0.3, 0.4) is 0 Å². The van der Waals surface area contributed by atoms with Gasteiger partial charge in [-0.2, -0.15) is 0 Å². The highest BCUT2D eigenvalue weighted by molar-refractivity contribution is 7.67. The van der Waals surface area contributed by atoms with Gasteiger partial charge in [0, 0.05) is 5.39 Å². The van der Waals surface area contributed by atoms with Gasteiger partial charge in [-0.05, 0) is 11.5 Å². The smallest absolute Gasteiger partial charge is 0.266 e. The van der Waals surface area contributed by atoms with Crippen LogP contribution in [0.25, 0.3) is 10.8 Å². The van der Waals surface area contributed by atoms with Gasteiger partial charge in [-0.15, -0.1) is 9.35 Å². The molecule has 1 aliphatic rings. The fourth-order valence-electron chi connectivity index (χ4n) is 2.38. The quantitative estimate of drug-likeness (QED) is 0.442. The fourth-order valence-corrected chi connectivity index (χ4v) is 2.66. The van der Waals surface area contributed by atoms with Crippen molar-refractivity contribution in [3.63, 3.8) is 0 Å².